The van der Waals surface area contributed by atoms with Crippen LogP contribution in [-0.4, -0.2) is 23.3 Å². The van der Waals surface area contributed by atoms with Gasteiger partial charge >= 0.3 is 6.01 Å². The number of alkyl halides is 1. The fraction of sp³-hybridized carbons (Fsp3) is 0.818. The second kappa shape index (κ2) is 7.49. The minimum Gasteiger partial charge on any atom is -0.407 e. The van der Waals surface area contributed by atoms with Crippen LogP contribution in [0, 0.1) is 0 Å². The number of hydrogen-bond acceptors (Lipinski definition) is 4. The van der Waals surface area contributed by atoms with E-state index in [-0.39, 0.29) is 5.88 Å². The van der Waals surface area contributed by atoms with Crippen molar-refractivity contribution in [2.45, 2.75) is 45.4 Å². The predicted octanol–water partition coefficient (Wildman–Crippen LogP) is 3.22. The second-order valence-corrected chi connectivity index (χ2v) is 4.07. The molecule has 0 aliphatic carbocycles. The molecule has 0 unspecified atom stereocenters. The number of unbranched alkanes of at least 4 members (excludes halogenated alkanes) is 2. The number of aromatic nitrogens is 2. The molecule has 0 saturated heterocycles. The summed E-state index contributed by atoms with van der Waals surface area (Å²) in [6.45, 7) is 6.30. The van der Waals surface area contributed by atoms with Crippen LogP contribution in [-0.2, 0) is 5.88 Å². The van der Waals surface area contributed by atoms with Crippen molar-refractivity contribution >= 4 is 17.6 Å². The van der Waals surface area contributed by atoms with Crippen molar-refractivity contribution in [3.63, 3.8) is 0 Å². The van der Waals surface area contributed by atoms with E-state index in [1.54, 1.807) is 0 Å². The average Bonchev–Trinajstić information content (AvgIpc) is 2.78. The fourth-order valence-electron chi connectivity index (χ4n) is 1.43. The van der Waals surface area contributed by atoms with Crippen molar-refractivity contribution in [3.8, 4) is 0 Å². The van der Waals surface area contributed by atoms with E-state index in [1.807, 2.05) is 0 Å². The third-order valence-corrected chi connectivity index (χ3v) is 2.63. The maximum absolute atomic E-state index is 5.64. The van der Waals surface area contributed by atoms with Gasteiger partial charge in [0.15, 0.2) is 0 Å². The molecule has 0 aromatic carbocycles. The summed E-state index contributed by atoms with van der Waals surface area (Å²) in [5, 5.41) is 7.90. The number of halogens is 1. The Kier molecular flexibility index (Phi) is 6.23. The Hall–Kier alpha value is -0.770. The Morgan fingerprint density at radius 3 is 2.19 bits per heavy atom. The van der Waals surface area contributed by atoms with Gasteiger partial charge in [0.2, 0.25) is 5.89 Å². The molecule has 0 aliphatic rings. The first-order valence-corrected chi connectivity index (χ1v) is 6.48. The monoisotopic (exact) mass is 245 g/mol. The Morgan fingerprint density at radius 2 is 1.75 bits per heavy atom. The van der Waals surface area contributed by atoms with Gasteiger partial charge in [0, 0.05) is 13.1 Å². The minimum absolute atomic E-state index is 0.280. The molecule has 5 heteroatoms. The van der Waals surface area contributed by atoms with Crippen LogP contribution in [0.4, 0.5) is 6.01 Å². The number of nitrogens with zero attached hydrogens (tertiary/aromatic N) is 3. The fourth-order valence-corrected chi connectivity index (χ4v) is 1.54. The van der Waals surface area contributed by atoms with Crippen molar-refractivity contribution in [2.24, 2.45) is 0 Å². The molecule has 4 nitrogen and oxygen atoms in total. The van der Waals surface area contributed by atoms with E-state index in [9.17, 15) is 0 Å². The van der Waals surface area contributed by atoms with Crippen LogP contribution in [0.2, 0.25) is 0 Å². The lowest BCUT2D eigenvalue weighted by Gasteiger charge is -2.19. The van der Waals surface area contributed by atoms with E-state index in [4.69, 9.17) is 16.0 Å². The molecule has 0 aliphatic heterocycles. The van der Waals surface area contributed by atoms with Crippen LogP contribution < -0.4 is 4.90 Å². The molecule has 92 valence electrons. The van der Waals surface area contributed by atoms with Gasteiger partial charge in [0.25, 0.3) is 0 Å². The van der Waals surface area contributed by atoms with Gasteiger partial charge in [-0.25, -0.2) is 0 Å². The Bertz CT molecular complexity index is 283. The normalized spacial score (nSPS) is 10.7. The van der Waals surface area contributed by atoms with Gasteiger partial charge < -0.3 is 9.32 Å². The molecule has 0 amide bonds. The lowest BCUT2D eigenvalue weighted by Crippen LogP contribution is -2.25. The van der Waals surface area contributed by atoms with Crippen molar-refractivity contribution < 1.29 is 4.42 Å². The summed E-state index contributed by atoms with van der Waals surface area (Å²) >= 11 is 5.64. The molecule has 16 heavy (non-hydrogen) atoms. The SMILES string of the molecule is CCCCN(CCCC)c1nnc(CCl)o1. The Balaban J connectivity index is 2.58. The van der Waals surface area contributed by atoms with Crippen LogP contribution >= 0.6 is 11.6 Å². The molecule has 0 fully saturated rings. The van der Waals surface area contributed by atoms with Crippen LogP contribution in [0.25, 0.3) is 0 Å². The minimum atomic E-state index is 0.280. The summed E-state index contributed by atoms with van der Waals surface area (Å²) in [7, 11) is 0. The summed E-state index contributed by atoms with van der Waals surface area (Å²) in [6, 6.07) is 0.609. The second-order valence-electron chi connectivity index (χ2n) is 3.81. The summed E-state index contributed by atoms with van der Waals surface area (Å²) in [4.78, 5) is 2.15. The van der Waals surface area contributed by atoms with Crippen LogP contribution in [0.3, 0.4) is 0 Å². The summed E-state index contributed by atoms with van der Waals surface area (Å²) < 4.78 is 5.46. The molecular formula is C11H20ClN3O. The van der Waals surface area contributed by atoms with E-state index in [2.05, 4.69) is 28.9 Å². The molecule has 0 bridgehead atoms. The van der Waals surface area contributed by atoms with Gasteiger partial charge in [-0.05, 0) is 12.8 Å². The zero-order chi connectivity index (χ0) is 11.8. The van der Waals surface area contributed by atoms with Gasteiger partial charge in [-0.15, -0.1) is 16.7 Å². The first-order chi connectivity index (χ1) is 7.81. The Labute approximate surface area is 102 Å². The summed E-state index contributed by atoms with van der Waals surface area (Å²) in [6.07, 6.45) is 4.61. The molecule has 0 spiro atoms. The molecule has 1 aromatic rings. The number of hydrogen-bond donors (Lipinski definition) is 0. The third kappa shape index (κ3) is 4.00. The first-order valence-electron chi connectivity index (χ1n) is 5.95. The van der Waals surface area contributed by atoms with E-state index in [0.29, 0.717) is 11.9 Å². The first kappa shape index (κ1) is 13.3. The zero-order valence-electron chi connectivity index (χ0n) is 10.1. The molecule has 0 saturated carbocycles. The molecular weight excluding hydrogens is 226 g/mol. The lowest BCUT2D eigenvalue weighted by atomic mass is 10.3. The molecule has 1 heterocycles. The van der Waals surface area contributed by atoms with Gasteiger partial charge in [-0.3, -0.25) is 0 Å². The highest BCUT2D eigenvalue weighted by atomic mass is 35.5. The highest BCUT2D eigenvalue weighted by molar-refractivity contribution is 6.16. The van der Waals surface area contributed by atoms with Gasteiger partial charge in [0.1, 0.15) is 5.88 Å². The topological polar surface area (TPSA) is 42.2 Å². The van der Waals surface area contributed by atoms with E-state index >= 15 is 0 Å². The van der Waals surface area contributed by atoms with Crippen LogP contribution in [0.15, 0.2) is 4.42 Å². The van der Waals surface area contributed by atoms with E-state index < -0.39 is 0 Å². The molecule has 0 atom stereocenters. The largest absolute Gasteiger partial charge is 0.407 e. The standard InChI is InChI=1S/C11H20ClN3O/c1-3-5-7-15(8-6-4-2)11-14-13-10(9-12)16-11/h3-9H2,1-2H3. The van der Waals surface area contributed by atoms with E-state index in [0.717, 1.165) is 25.9 Å². The van der Waals surface area contributed by atoms with Crippen LogP contribution in [0.1, 0.15) is 45.4 Å². The molecule has 1 rings (SSSR count). The number of anilines is 1. The lowest BCUT2D eigenvalue weighted by molar-refractivity contribution is 0.492. The maximum atomic E-state index is 5.64. The average molecular weight is 246 g/mol. The van der Waals surface area contributed by atoms with Gasteiger partial charge in [-0.1, -0.05) is 31.8 Å². The number of rotatable bonds is 8. The Morgan fingerprint density at radius 1 is 1.12 bits per heavy atom. The van der Waals surface area contributed by atoms with Crippen LogP contribution in [0.5, 0.6) is 0 Å². The van der Waals surface area contributed by atoms with Gasteiger partial charge in [0.05, 0.1) is 0 Å². The molecule has 0 radical (unpaired) electrons. The summed E-state index contributed by atoms with van der Waals surface area (Å²) in [5.74, 6) is 0.775. The quantitative estimate of drug-likeness (QED) is 0.660. The zero-order valence-corrected chi connectivity index (χ0v) is 10.8. The molecule has 1 aromatic heterocycles. The summed E-state index contributed by atoms with van der Waals surface area (Å²) in [5.41, 5.74) is 0. The molecule has 0 N–H and O–H groups in total. The third-order valence-electron chi connectivity index (χ3n) is 2.40. The van der Waals surface area contributed by atoms with Crippen molar-refractivity contribution in [3.05, 3.63) is 5.89 Å². The van der Waals surface area contributed by atoms with E-state index in [1.165, 1.54) is 12.8 Å². The smallest absolute Gasteiger partial charge is 0.318 e. The highest BCUT2D eigenvalue weighted by Gasteiger charge is 2.12. The maximum Gasteiger partial charge on any atom is 0.318 e. The van der Waals surface area contributed by atoms with Gasteiger partial charge in [-0.2, -0.15) is 0 Å². The van der Waals surface area contributed by atoms with Crippen molar-refractivity contribution in [1.29, 1.82) is 0 Å². The highest BCUT2D eigenvalue weighted by Crippen LogP contribution is 2.15. The van der Waals surface area contributed by atoms with Crippen molar-refractivity contribution in [2.75, 3.05) is 18.0 Å². The predicted molar refractivity (Wildman–Crippen MR) is 65.9 cm³/mol. The van der Waals surface area contributed by atoms with Crippen molar-refractivity contribution in [1.82, 2.24) is 10.2 Å².